The standard InChI is InChI=1S/C17H29ClN2O/c1-5-14(19)11-15-16(18)7-6-8-17(15)20(9-10-21-4)12-13(2)3/h6-8,13-14H,5,9-12,19H2,1-4H3. The zero-order valence-corrected chi connectivity index (χ0v) is 14.5. The Morgan fingerprint density at radius 3 is 2.62 bits per heavy atom. The monoisotopic (exact) mass is 312 g/mol. The van der Waals surface area contributed by atoms with Crippen molar-refractivity contribution in [3.05, 3.63) is 28.8 Å². The van der Waals surface area contributed by atoms with Crippen molar-refractivity contribution in [2.75, 3.05) is 31.7 Å². The molecule has 3 nitrogen and oxygen atoms in total. The van der Waals surface area contributed by atoms with E-state index in [-0.39, 0.29) is 6.04 Å². The van der Waals surface area contributed by atoms with Crippen LogP contribution < -0.4 is 10.6 Å². The molecule has 0 saturated heterocycles. The smallest absolute Gasteiger partial charge is 0.0637 e. The maximum absolute atomic E-state index is 6.43. The first kappa shape index (κ1) is 18.3. The van der Waals surface area contributed by atoms with Gasteiger partial charge in [0.25, 0.3) is 0 Å². The number of hydrogen-bond acceptors (Lipinski definition) is 3. The first-order valence-electron chi connectivity index (χ1n) is 7.76. The van der Waals surface area contributed by atoms with Crippen LogP contribution in [0.2, 0.25) is 5.02 Å². The molecule has 0 aliphatic heterocycles. The predicted molar refractivity (Wildman–Crippen MR) is 92.3 cm³/mol. The second-order valence-corrected chi connectivity index (χ2v) is 6.35. The first-order valence-corrected chi connectivity index (χ1v) is 8.14. The molecule has 2 N–H and O–H groups in total. The lowest BCUT2D eigenvalue weighted by Gasteiger charge is -2.29. The van der Waals surface area contributed by atoms with E-state index in [1.54, 1.807) is 7.11 Å². The maximum Gasteiger partial charge on any atom is 0.0637 e. The molecule has 0 fully saturated rings. The van der Waals surface area contributed by atoms with E-state index in [2.05, 4.69) is 31.7 Å². The van der Waals surface area contributed by atoms with Gasteiger partial charge in [0, 0.05) is 37.0 Å². The van der Waals surface area contributed by atoms with E-state index in [9.17, 15) is 0 Å². The third-order valence-electron chi connectivity index (χ3n) is 3.58. The Kier molecular flexibility index (Phi) is 8.09. The summed E-state index contributed by atoms with van der Waals surface area (Å²) >= 11 is 6.43. The Morgan fingerprint density at radius 1 is 1.33 bits per heavy atom. The average molecular weight is 313 g/mol. The molecule has 0 heterocycles. The summed E-state index contributed by atoms with van der Waals surface area (Å²) in [5.74, 6) is 0.577. The molecule has 0 spiro atoms. The van der Waals surface area contributed by atoms with Crippen LogP contribution in [0.4, 0.5) is 5.69 Å². The van der Waals surface area contributed by atoms with Gasteiger partial charge in [-0.15, -0.1) is 0 Å². The van der Waals surface area contributed by atoms with E-state index >= 15 is 0 Å². The zero-order valence-electron chi connectivity index (χ0n) is 13.7. The molecule has 0 aliphatic carbocycles. The summed E-state index contributed by atoms with van der Waals surface area (Å²) in [6.45, 7) is 9.11. The Balaban J connectivity index is 3.07. The van der Waals surface area contributed by atoms with Gasteiger partial charge in [0.15, 0.2) is 0 Å². The molecule has 1 aromatic rings. The molecule has 0 aliphatic rings. The van der Waals surface area contributed by atoms with Crippen LogP contribution in [0.1, 0.15) is 32.8 Å². The van der Waals surface area contributed by atoms with E-state index in [1.165, 1.54) is 5.69 Å². The van der Waals surface area contributed by atoms with Crippen LogP contribution in [0.25, 0.3) is 0 Å². The molecule has 0 saturated carbocycles. The molecule has 21 heavy (non-hydrogen) atoms. The Bertz CT molecular complexity index is 423. The largest absolute Gasteiger partial charge is 0.383 e. The van der Waals surface area contributed by atoms with Crippen LogP contribution in [0.3, 0.4) is 0 Å². The van der Waals surface area contributed by atoms with Crippen molar-refractivity contribution in [3.63, 3.8) is 0 Å². The number of anilines is 1. The third-order valence-corrected chi connectivity index (χ3v) is 3.93. The van der Waals surface area contributed by atoms with Gasteiger partial charge in [0.05, 0.1) is 6.61 Å². The van der Waals surface area contributed by atoms with Crippen LogP contribution in [0, 0.1) is 5.92 Å². The topological polar surface area (TPSA) is 38.5 Å². The number of rotatable bonds is 9. The number of nitrogens with zero attached hydrogens (tertiary/aromatic N) is 1. The van der Waals surface area contributed by atoms with E-state index < -0.39 is 0 Å². The molecule has 0 bridgehead atoms. The lowest BCUT2D eigenvalue weighted by molar-refractivity contribution is 0.204. The van der Waals surface area contributed by atoms with Gasteiger partial charge in [0.2, 0.25) is 0 Å². The highest BCUT2D eigenvalue weighted by Gasteiger charge is 2.16. The number of hydrogen-bond donors (Lipinski definition) is 1. The summed E-state index contributed by atoms with van der Waals surface area (Å²) in [7, 11) is 1.74. The Hall–Kier alpha value is -0.770. The van der Waals surface area contributed by atoms with Crippen molar-refractivity contribution in [1.29, 1.82) is 0 Å². The van der Waals surface area contributed by atoms with Crippen LogP contribution in [-0.4, -0.2) is 32.8 Å². The van der Waals surface area contributed by atoms with Gasteiger partial charge in [-0.05, 0) is 36.5 Å². The molecule has 1 atom stereocenters. The summed E-state index contributed by atoms with van der Waals surface area (Å²) in [5, 5.41) is 0.808. The molecule has 4 heteroatoms. The van der Waals surface area contributed by atoms with Gasteiger partial charge in [-0.3, -0.25) is 0 Å². The van der Waals surface area contributed by atoms with Gasteiger partial charge >= 0.3 is 0 Å². The molecule has 1 rings (SSSR count). The minimum Gasteiger partial charge on any atom is -0.383 e. The molecule has 1 aromatic carbocycles. The molecule has 0 amide bonds. The second kappa shape index (κ2) is 9.29. The predicted octanol–water partition coefficient (Wildman–Crippen LogP) is 3.73. The van der Waals surface area contributed by atoms with Crippen molar-refractivity contribution in [1.82, 2.24) is 0 Å². The highest BCUT2D eigenvalue weighted by Crippen LogP contribution is 2.29. The number of halogens is 1. The molecular weight excluding hydrogens is 284 g/mol. The van der Waals surface area contributed by atoms with Crippen LogP contribution in [0.5, 0.6) is 0 Å². The van der Waals surface area contributed by atoms with Crippen LogP contribution in [-0.2, 0) is 11.2 Å². The van der Waals surface area contributed by atoms with E-state index in [1.807, 2.05) is 12.1 Å². The van der Waals surface area contributed by atoms with Gasteiger partial charge < -0.3 is 15.4 Å². The minimum absolute atomic E-state index is 0.145. The average Bonchev–Trinajstić information content (AvgIpc) is 2.45. The molecule has 120 valence electrons. The van der Waals surface area contributed by atoms with Crippen LogP contribution in [0.15, 0.2) is 18.2 Å². The highest BCUT2D eigenvalue weighted by atomic mass is 35.5. The van der Waals surface area contributed by atoms with E-state index in [0.717, 1.165) is 36.5 Å². The van der Waals surface area contributed by atoms with Gasteiger partial charge in [0.1, 0.15) is 0 Å². The number of benzene rings is 1. The van der Waals surface area contributed by atoms with Crippen molar-refractivity contribution in [2.24, 2.45) is 11.7 Å². The van der Waals surface area contributed by atoms with Crippen molar-refractivity contribution in [2.45, 2.75) is 39.7 Å². The lowest BCUT2D eigenvalue weighted by Crippen LogP contribution is -2.32. The summed E-state index contributed by atoms with van der Waals surface area (Å²) in [6.07, 6.45) is 1.76. The lowest BCUT2D eigenvalue weighted by atomic mass is 10.0. The Morgan fingerprint density at radius 2 is 2.05 bits per heavy atom. The molecular formula is C17H29ClN2O. The minimum atomic E-state index is 0.145. The summed E-state index contributed by atoms with van der Waals surface area (Å²) < 4.78 is 5.25. The SMILES string of the molecule is CCC(N)Cc1c(Cl)cccc1N(CCOC)CC(C)C. The number of ether oxygens (including phenoxy) is 1. The fraction of sp³-hybridized carbons (Fsp3) is 0.647. The second-order valence-electron chi connectivity index (χ2n) is 5.94. The fourth-order valence-corrected chi connectivity index (χ4v) is 2.65. The molecule has 0 radical (unpaired) electrons. The van der Waals surface area contributed by atoms with Gasteiger partial charge in [-0.25, -0.2) is 0 Å². The van der Waals surface area contributed by atoms with Crippen molar-refractivity contribution in [3.8, 4) is 0 Å². The highest BCUT2D eigenvalue weighted by molar-refractivity contribution is 6.31. The van der Waals surface area contributed by atoms with E-state index in [4.69, 9.17) is 22.1 Å². The summed E-state index contributed by atoms with van der Waals surface area (Å²) in [6, 6.07) is 6.25. The zero-order chi connectivity index (χ0) is 15.8. The number of methoxy groups -OCH3 is 1. The number of nitrogens with two attached hydrogens (primary N) is 1. The molecule has 1 unspecified atom stereocenters. The maximum atomic E-state index is 6.43. The summed E-state index contributed by atoms with van der Waals surface area (Å²) in [4.78, 5) is 2.36. The third kappa shape index (κ3) is 5.85. The Labute approximate surface area is 134 Å². The van der Waals surface area contributed by atoms with Crippen molar-refractivity contribution < 1.29 is 4.74 Å². The normalized spacial score (nSPS) is 12.7. The fourth-order valence-electron chi connectivity index (χ4n) is 2.40. The quantitative estimate of drug-likeness (QED) is 0.755. The summed E-state index contributed by atoms with van der Waals surface area (Å²) in [5.41, 5.74) is 8.49. The van der Waals surface area contributed by atoms with Crippen molar-refractivity contribution >= 4 is 17.3 Å². The molecule has 0 aromatic heterocycles. The van der Waals surface area contributed by atoms with Gasteiger partial charge in [-0.2, -0.15) is 0 Å². The first-order chi connectivity index (χ1) is 9.99. The van der Waals surface area contributed by atoms with Gasteiger partial charge in [-0.1, -0.05) is 38.4 Å². The van der Waals surface area contributed by atoms with Crippen LogP contribution >= 0.6 is 11.6 Å². The van der Waals surface area contributed by atoms with E-state index in [0.29, 0.717) is 12.5 Å².